The molecule has 1 aliphatic rings. The van der Waals surface area contributed by atoms with Gasteiger partial charge in [-0.25, -0.2) is 0 Å². The first kappa shape index (κ1) is 14.7. The molecule has 0 aromatic heterocycles. The fourth-order valence-corrected chi connectivity index (χ4v) is 3.39. The van der Waals surface area contributed by atoms with Crippen molar-refractivity contribution in [2.75, 3.05) is 0 Å². The molecule has 1 nitrogen and oxygen atoms in total. The maximum absolute atomic E-state index is 11.9. The van der Waals surface area contributed by atoms with E-state index in [1.165, 1.54) is 0 Å². The van der Waals surface area contributed by atoms with Crippen molar-refractivity contribution in [3.63, 3.8) is 0 Å². The van der Waals surface area contributed by atoms with Crippen LogP contribution in [0.5, 0.6) is 0 Å². The lowest BCUT2D eigenvalue weighted by Gasteiger charge is -2.31. The van der Waals surface area contributed by atoms with Gasteiger partial charge in [-0.2, -0.15) is 0 Å². The van der Waals surface area contributed by atoms with E-state index in [0.29, 0.717) is 0 Å². The van der Waals surface area contributed by atoms with Gasteiger partial charge in [0.15, 0.2) is 0 Å². The lowest BCUT2D eigenvalue weighted by Crippen LogP contribution is -2.27. The van der Waals surface area contributed by atoms with Crippen LogP contribution >= 0.6 is 0 Å². The second kappa shape index (κ2) is 5.95. The number of allylic oxidation sites excluding steroid dienone is 2. The Labute approximate surface area is 142 Å². The molecule has 3 aromatic carbocycles. The van der Waals surface area contributed by atoms with Crippen LogP contribution in [0.2, 0.25) is 0 Å². The highest BCUT2D eigenvalue weighted by Gasteiger charge is 2.41. The molecule has 0 unspecified atom stereocenters. The summed E-state index contributed by atoms with van der Waals surface area (Å²) >= 11 is 0. The molecule has 0 aliphatic heterocycles. The first-order chi connectivity index (χ1) is 11.8. The molecule has 0 atom stereocenters. The van der Waals surface area contributed by atoms with Gasteiger partial charge in [-0.1, -0.05) is 103 Å². The van der Waals surface area contributed by atoms with Crippen molar-refractivity contribution in [2.24, 2.45) is 0 Å². The molecule has 24 heavy (non-hydrogen) atoms. The van der Waals surface area contributed by atoms with Crippen molar-refractivity contribution < 1.29 is 5.11 Å². The SMILES string of the molecule is OC1(c2ccccc2)C(c2ccccc2)=CC=C1c1ccccc1. The van der Waals surface area contributed by atoms with Crippen LogP contribution in [0.4, 0.5) is 0 Å². The first-order valence-corrected chi connectivity index (χ1v) is 8.12. The normalized spacial score (nSPS) is 15.7. The van der Waals surface area contributed by atoms with Crippen LogP contribution in [0.1, 0.15) is 16.7 Å². The molecule has 0 spiro atoms. The molecule has 3 aromatic rings. The zero-order valence-electron chi connectivity index (χ0n) is 13.3. The first-order valence-electron chi connectivity index (χ1n) is 8.12. The summed E-state index contributed by atoms with van der Waals surface area (Å²) in [5.41, 5.74) is 3.62. The van der Waals surface area contributed by atoms with Crippen LogP contribution in [0, 0.1) is 0 Å². The number of hydrogen-bond donors (Lipinski definition) is 1. The summed E-state index contributed by atoms with van der Waals surface area (Å²) in [6.45, 7) is 0. The lowest BCUT2D eigenvalue weighted by molar-refractivity contribution is 0.167. The Bertz CT molecular complexity index is 835. The molecule has 0 amide bonds. The minimum absolute atomic E-state index is 0.882. The monoisotopic (exact) mass is 310 g/mol. The highest BCUT2D eigenvalue weighted by atomic mass is 16.3. The van der Waals surface area contributed by atoms with E-state index in [1.54, 1.807) is 0 Å². The standard InChI is InChI=1S/C23H18O/c24-23(20-14-8-3-9-15-20)21(18-10-4-1-5-11-18)16-17-22(23)19-12-6-2-7-13-19/h1-17,24H. The van der Waals surface area contributed by atoms with Gasteiger partial charge in [0, 0.05) is 0 Å². The van der Waals surface area contributed by atoms with E-state index >= 15 is 0 Å². The molecule has 0 saturated carbocycles. The van der Waals surface area contributed by atoms with Crippen molar-refractivity contribution in [1.29, 1.82) is 0 Å². The summed E-state index contributed by atoms with van der Waals surface area (Å²) in [6, 6.07) is 30.0. The smallest absolute Gasteiger partial charge is 0.141 e. The van der Waals surface area contributed by atoms with Gasteiger partial charge in [0.1, 0.15) is 5.60 Å². The predicted octanol–water partition coefficient (Wildman–Crippen LogP) is 5.06. The quantitative estimate of drug-likeness (QED) is 0.717. The largest absolute Gasteiger partial charge is 0.376 e. The van der Waals surface area contributed by atoms with Crippen molar-refractivity contribution in [3.05, 3.63) is 120 Å². The number of benzene rings is 3. The van der Waals surface area contributed by atoms with Gasteiger partial charge in [-0.15, -0.1) is 0 Å². The molecule has 1 aliphatic carbocycles. The summed E-state index contributed by atoms with van der Waals surface area (Å²) in [4.78, 5) is 0. The maximum atomic E-state index is 11.9. The molecule has 0 bridgehead atoms. The molecule has 0 fully saturated rings. The summed E-state index contributed by atoms with van der Waals surface area (Å²) in [5.74, 6) is 0. The minimum Gasteiger partial charge on any atom is -0.376 e. The van der Waals surface area contributed by atoms with E-state index in [-0.39, 0.29) is 0 Å². The third kappa shape index (κ3) is 2.31. The molecule has 1 heteroatoms. The van der Waals surface area contributed by atoms with E-state index in [4.69, 9.17) is 0 Å². The summed E-state index contributed by atoms with van der Waals surface area (Å²) in [6.07, 6.45) is 4.06. The van der Waals surface area contributed by atoms with Crippen LogP contribution < -0.4 is 0 Å². The maximum Gasteiger partial charge on any atom is 0.141 e. The van der Waals surface area contributed by atoms with E-state index in [1.807, 2.05) is 103 Å². The Morgan fingerprint density at radius 1 is 0.500 bits per heavy atom. The number of aliphatic hydroxyl groups is 1. The summed E-state index contributed by atoms with van der Waals surface area (Å²) in [5, 5.41) is 11.9. The van der Waals surface area contributed by atoms with Gasteiger partial charge in [-0.05, 0) is 27.8 Å². The number of rotatable bonds is 3. The highest BCUT2D eigenvalue weighted by Crippen LogP contribution is 2.49. The van der Waals surface area contributed by atoms with Crippen LogP contribution in [-0.4, -0.2) is 5.11 Å². The Balaban J connectivity index is 1.90. The number of hydrogen-bond acceptors (Lipinski definition) is 1. The van der Waals surface area contributed by atoms with E-state index in [0.717, 1.165) is 27.8 Å². The molecular weight excluding hydrogens is 292 g/mol. The van der Waals surface area contributed by atoms with Crippen molar-refractivity contribution >= 4 is 11.1 Å². The van der Waals surface area contributed by atoms with Gasteiger partial charge < -0.3 is 5.11 Å². The molecular formula is C23H18O. The Kier molecular flexibility index (Phi) is 3.64. The van der Waals surface area contributed by atoms with Crippen molar-refractivity contribution in [1.82, 2.24) is 0 Å². The van der Waals surface area contributed by atoms with Crippen LogP contribution in [0.3, 0.4) is 0 Å². The van der Waals surface area contributed by atoms with Gasteiger partial charge in [-0.3, -0.25) is 0 Å². The van der Waals surface area contributed by atoms with Crippen molar-refractivity contribution in [3.8, 4) is 0 Å². The zero-order chi connectivity index (χ0) is 16.4. The molecule has 4 rings (SSSR count). The minimum atomic E-state index is -1.15. The van der Waals surface area contributed by atoms with Gasteiger partial charge >= 0.3 is 0 Å². The zero-order valence-corrected chi connectivity index (χ0v) is 13.3. The molecule has 0 radical (unpaired) electrons. The van der Waals surface area contributed by atoms with Crippen LogP contribution in [0.15, 0.2) is 103 Å². The summed E-state index contributed by atoms with van der Waals surface area (Å²) < 4.78 is 0. The highest BCUT2D eigenvalue weighted by molar-refractivity contribution is 5.96. The van der Waals surface area contributed by atoms with Gasteiger partial charge in [0.25, 0.3) is 0 Å². The Hall–Kier alpha value is -2.90. The Morgan fingerprint density at radius 3 is 1.29 bits per heavy atom. The van der Waals surface area contributed by atoms with E-state index in [9.17, 15) is 5.11 Å². The second-order valence-corrected chi connectivity index (χ2v) is 5.97. The van der Waals surface area contributed by atoms with Gasteiger partial charge in [0.2, 0.25) is 0 Å². The molecule has 116 valence electrons. The molecule has 0 heterocycles. The van der Waals surface area contributed by atoms with Crippen LogP contribution in [-0.2, 0) is 5.60 Å². The van der Waals surface area contributed by atoms with Crippen molar-refractivity contribution in [2.45, 2.75) is 5.60 Å². The topological polar surface area (TPSA) is 20.2 Å². The molecule has 1 N–H and O–H groups in total. The second-order valence-electron chi connectivity index (χ2n) is 5.97. The Morgan fingerprint density at radius 2 is 0.875 bits per heavy atom. The lowest BCUT2D eigenvalue weighted by atomic mass is 9.78. The third-order valence-corrected chi connectivity index (χ3v) is 4.56. The fraction of sp³-hybridized carbons (Fsp3) is 0.0435. The summed E-state index contributed by atoms with van der Waals surface area (Å²) in [7, 11) is 0. The van der Waals surface area contributed by atoms with E-state index in [2.05, 4.69) is 0 Å². The third-order valence-electron chi connectivity index (χ3n) is 4.56. The predicted molar refractivity (Wildman–Crippen MR) is 99.2 cm³/mol. The fourth-order valence-electron chi connectivity index (χ4n) is 3.39. The average Bonchev–Trinajstić information content (AvgIpc) is 3.02. The van der Waals surface area contributed by atoms with Gasteiger partial charge in [0.05, 0.1) is 0 Å². The van der Waals surface area contributed by atoms with E-state index < -0.39 is 5.60 Å². The van der Waals surface area contributed by atoms with Crippen LogP contribution in [0.25, 0.3) is 11.1 Å². The average molecular weight is 310 g/mol. The molecule has 0 saturated heterocycles.